The molecule has 2 N–H and O–H groups in total. The van der Waals surface area contributed by atoms with E-state index in [1.54, 1.807) is 14.2 Å². The number of ether oxygens (including phenoxy) is 2. The highest BCUT2D eigenvalue weighted by molar-refractivity contribution is 5.42. The number of nitrogens with two attached hydrogens (primary N) is 1. The number of nitrogens with zero attached hydrogens (tertiary/aromatic N) is 1. The Labute approximate surface area is 110 Å². The highest BCUT2D eigenvalue weighted by Crippen LogP contribution is 2.28. The molecule has 0 radical (unpaired) electrons. The van der Waals surface area contributed by atoms with Crippen LogP contribution in [0.1, 0.15) is 19.4 Å². The smallest absolute Gasteiger partial charge is 0.161 e. The van der Waals surface area contributed by atoms with Gasteiger partial charge < -0.3 is 15.2 Å². The average Bonchev–Trinajstić information content (AvgIpc) is 2.38. The van der Waals surface area contributed by atoms with Gasteiger partial charge in [0.15, 0.2) is 11.5 Å². The number of methoxy groups -OCH3 is 2. The predicted octanol–water partition coefficient (Wildman–Crippen LogP) is 1.87. The van der Waals surface area contributed by atoms with Crippen molar-refractivity contribution in [3.8, 4) is 11.5 Å². The molecule has 0 aliphatic rings. The lowest BCUT2D eigenvalue weighted by Gasteiger charge is -2.34. The van der Waals surface area contributed by atoms with E-state index in [1.165, 1.54) is 5.56 Å². The summed E-state index contributed by atoms with van der Waals surface area (Å²) < 4.78 is 10.5. The van der Waals surface area contributed by atoms with Gasteiger partial charge in [-0.3, -0.25) is 4.90 Å². The second-order valence-electron chi connectivity index (χ2n) is 5.06. The van der Waals surface area contributed by atoms with E-state index in [4.69, 9.17) is 15.2 Å². The van der Waals surface area contributed by atoms with Gasteiger partial charge in [0.1, 0.15) is 0 Å². The van der Waals surface area contributed by atoms with Gasteiger partial charge in [-0.2, -0.15) is 0 Å². The van der Waals surface area contributed by atoms with Gasteiger partial charge in [-0.15, -0.1) is 0 Å². The van der Waals surface area contributed by atoms with Gasteiger partial charge in [-0.25, -0.2) is 0 Å². The first-order chi connectivity index (χ1) is 8.44. The van der Waals surface area contributed by atoms with Gasteiger partial charge >= 0.3 is 0 Å². The summed E-state index contributed by atoms with van der Waals surface area (Å²) in [5.74, 6) is 1.51. The van der Waals surface area contributed by atoms with Crippen LogP contribution in [0.5, 0.6) is 11.5 Å². The molecule has 0 fully saturated rings. The first-order valence-corrected chi connectivity index (χ1v) is 6.07. The van der Waals surface area contributed by atoms with Crippen molar-refractivity contribution in [1.82, 2.24) is 4.90 Å². The molecule has 1 aromatic rings. The fraction of sp³-hybridized carbons (Fsp3) is 0.571. The number of likely N-dealkylation sites (N-methyl/N-ethyl adjacent to an activating group) is 1. The molecule has 102 valence electrons. The van der Waals surface area contributed by atoms with Gasteiger partial charge in [0, 0.05) is 18.6 Å². The molecule has 0 aromatic heterocycles. The Morgan fingerprint density at radius 2 is 1.78 bits per heavy atom. The largest absolute Gasteiger partial charge is 0.493 e. The summed E-state index contributed by atoms with van der Waals surface area (Å²) in [4.78, 5) is 2.23. The van der Waals surface area contributed by atoms with Gasteiger partial charge in [0.2, 0.25) is 0 Å². The van der Waals surface area contributed by atoms with E-state index in [-0.39, 0.29) is 5.54 Å². The van der Waals surface area contributed by atoms with E-state index >= 15 is 0 Å². The van der Waals surface area contributed by atoms with Crippen LogP contribution in [0, 0.1) is 0 Å². The van der Waals surface area contributed by atoms with E-state index in [0.717, 1.165) is 18.0 Å². The third kappa shape index (κ3) is 3.37. The molecule has 0 saturated carbocycles. The molecular weight excluding hydrogens is 228 g/mol. The Morgan fingerprint density at radius 1 is 1.17 bits per heavy atom. The molecule has 1 aromatic carbocycles. The minimum Gasteiger partial charge on any atom is -0.493 e. The molecule has 18 heavy (non-hydrogen) atoms. The van der Waals surface area contributed by atoms with Crippen LogP contribution in [0.4, 0.5) is 0 Å². The minimum atomic E-state index is -0.0207. The Bertz CT molecular complexity index is 391. The third-order valence-electron chi connectivity index (χ3n) is 3.40. The van der Waals surface area contributed by atoms with E-state index in [2.05, 4.69) is 25.8 Å². The molecule has 0 unspecified atom stereocenters. The normalized spacial score (nSPS) is 11.7. The molecule has 0 heterocycles. The van der Waals surface area contributed by atoms with Crippen molar-refractivity contribution in [3.05, 3.63) is 23.8 Å². The summed E-state index contributed by atoms with van der Waals surface area (Å²) in [6, 6.07) is 5.98. The first kappa shape index (κ1) is 14.8. The molecule has 4 heteroatoms. The van der Waals surface area contributed by atoms with E-state index in [1.807, 2.05) is 18.2 Å². The highest BCUT2D eigenvalue weighted by Gasteiger charge is 2.21. The van der Waals surface area contributed by atoms with Crippen LogP contribution in [-0.4, -0.2) is 38.3 Å². The summed E-state index contributed by atoms with van der Waals surface area (Å²) >= 11 is 0. The average molecular weight is 252 g/mol. The van der Waals surface area contributed by atoms with Crippen molar-refractivity contribution in [2.45, 2.75) is 25.9 Å². The molecule has 4 nitrogen and oxygen atoms in total. The van der Waals surface area contributed by atoms with Crippen molar-refractivity contribution in [3.63, 3.8) is 0 Å². The van der Waals surface area contributed by atoms with E-state index in [0.29, 0.717) is 6.54 Å². The summed E-state index contributed by atoms with van der Waals surface area (Å²) in [6.45, 7) is 5.71. The lowest BCUT2D eigenvalue weighted by Crippen LogP contribution is -2.46. The fourth-order valence-electron chi connectivity index (χ4n) is 1.62. The molecule has 0 saturated heterocycles. The number of hydrogen-bond acceptors (Lipinski definition) is 4. The molecule has 0 spiro atoms. The maximum absolute atomic E-state index is 5.78. The molecule has 0 bridgehead atoms. The zero-order chi connectivity index (χ0) is 13.8. The zero-order valence-corrected chi connectivity index (χ0v) is 12.0. The summed E-state index contributed by atoms with van der Waals surface area (Å²) in [7, 11) is 5.36. The van der Waals surface area contributed by atoms with Crippen molar-refractivity contribution in [2.24, 2.45) is 5.73 Å². The van der Waals surface area contributed by atoms with Gasteiger partial charge in [-0.1, -0.05) is 6.07 Å². The van der Waals surface area contributed by atoms with Crippen molar-refractivity contribution >= 4 is 0 Å². The van der Waals surface area contributed by atoms with Crippen LogP contribution in [0.15, 0.2) is 18.2 Å². The lowest BCUT2D eigenvalue weighted by molar-refractivity contribution is 0.155. The number of benzene rings is 1. The Hall–Kier alpha value is -1.26. The molecular formula is C14H24N2O2. The van der Waals surface area contributed by atoms with Gasteiger partial charge in [0.05, 0.1) is 14.2 Å². The lowest BCUT2D eigenvalue weighted by atomic mass is 10.0. The molecule has 1 rings (SSSR count). The zero-order valence-electron chi connectivity index (χ0n) is 12.0. The van der Waals surface area contributed by atoms with Crippen LogP contribution in [0.2, 0.25) is 0 Å². The summed E-state index contributed by atoms with van der Waals surface area (Å²) in [5.41, 5.74) is 6.93. The maximum Gasteiger partial charge on any atom is 0.161 e. The molecule has 0 aliphatic carbocycles. The third-order valence-corrected chi connectivity index (χ3v) is 3.40. The van der Waals surface area contributed by atoms with Crippen LogP contribution < -0.4 is 15.2 Å². The Balaban J connectivity index is 2.86. The van der Waals surface area contributed by atoms with E-state index in [9.17, 15) is 0 Å². The summed E-state index contributed by atoms with van der Waals surface area (Å²) in [5, 5.41) is 0. The Morgan fingerprint density at radius 3 is 2.28 bits per heavy atom. The van der Waals surface area contributed by atoms with Crippen molar-refractivity contribution in [1.29, 1.82) is 0 Å². The molecule has 0 amide bonds. The number of rotatable bonds is 6. The van der Waals surface area contributed by atoms with Gasteiger partial charge in [0.25, 0.3) is 0 Å². The van der Waals surface area contributed by atoms with Gasteiger partial charge in [-0.05, 0) is 38.6 Å². The van der Waals surface area contributed by atoms with Crippen LogP contribution in [0.3, 0.4) is 0 Å². The molecule has 0 atom stereocenters. The van der Waals surface area contributed by atoms with Crippen molar-refractivity contribution in [2.75, 3.05) is 27.8 Å². The first-order valence-electron chi connectivity index (χ1n) is 6.07. The maximum atomic E-state index is 5.78. The van der Waals surface area contributed by atoms with E-state index < -0.39 is 0 Å². The Kier molecular flexibility index (Phi) is 4.99. The quantitative estimate of drug-likeness (QED) is 0.839. The second-order valence-corrected chi connectivity index (χ2v) is 5.06. The van der Waals surface area contributed by atoms with Crippen LogP contribution in [0.25, 0.3) is 0 Å². The highest BCUT2D eigenvalue weighted by atomic mass is 16.5. The van der Waals surface area contributed by atoms with Crippen molar-refractivity contribution < 1.29 is 9.47 Å². The monoisotopic (exact) mass is 252 g/mol. The standard InChI is InChI=1S/C14H24N2O2/c1-14(2,10-15)16(3)9-11-6-7-12(17-4)13(8-11)18-5/h6-8H,9-10,15H2,1-5H3. The fourth-order valence-corrected chi connectivity index (χ4v) is 1.62. The minimum absolute atomic E-state index is 0.0207. The molecule has 0 aliphatic heterocycles. The topological polar surface area (TPSA) is 47.7 Å². The summed E-state index contributed by atoms with van der Waals surface area (Å²) in [6.07, 6.45) is 0. The SMILES string of the molecule is COc1ccc(CN(C)C(C)(C)CN)cc1OC. The van der Waals surface area contributed by atoms with Crippen LogP contribution >= 0.6 is 0 Å². The number of hydrogen-bond donors (Lipinski definition) is 1. The second kappa shape index (κ2) is 6.07. The van der Waals surface area contributed by atoms with Crippen LogP contribution in [-0.2, 0) is 6.54 Å². The predicted molar refractivity (Wildman–Crippen MR) is 74.1 cm³/mol.